The Kier molecular flexibility index (Phi) is 10.2. The number of aliphatic imine (C=N–C) groups is 1. The smallest absolute Gasteiger partial charge is 0.0525 e. The molecule has 0 spiro atoms. The van der Waals surface area contributed by atoms with E-state index in [1.807, 2.05) is 0 Å². The maximum absolute atomic E-state index is 5.08. The van der Waals surface area contributed by atoms with Gasteiger partial charge in [-0.1, -0.05) is 124 Å². The monoisotopic (exact) mass is 659 g/mol. The highest BCUT2D eigenvalue weighted by Gasteiger charge is 2.39. The number of nitrogens with zero attached hydrogens (tertiary/aromatic N) is 3. The molecular weight excluding hydrogens is 607 g/mol. The Morgan fingerprint density at radius 1 is 0.800 bits per heavy atom. The zero-order valence-corrected chi connectivity index (χ0v) is 31.3. The summed E-state index contributed by atoms with van der Waals surface area (Å²) in [4.78, 5) is 10.0. The molecule has 0 unspecified atom stereocenters. The van der Waals surface area contributed by atoms with Crippen LogP contribution in [0.4, 0.5) is 17.1 Å². The SMILES string of the molecule is CCN=C(/C=C/C1=C(N(c2ccccc2)c2ccccc2)C(=C/C=C2/N(CC)c3ccc(C)cc3C2(C)C)/CC1)C(C)(C)c1cccc(C)c1. The molecule has 0 N–H and O–H groups in total. The number of para-hydroxylation sites is 2. The van der Waals surface area contributed by atoms with Crippen LogP contribution in [0.3, 0.4) is 0 Å². The van der Waals surface area contributed by atoms with Gasteiger partial charge in [-0.3, -0.25) is 4.99 Å². The summed E-state index contributed by atoms with van der Waals surface area (Å²) in [6, 6.07) is 37.4. The van der Waals surface area contributed by atoms with Gasteiger partial charge < -0.3 is 9.80 Å². The van der Waals surface area contributed by atoms with Crippen molar-refractivity contribution >= 4 is 22.8 Å². The van der Waals surface area contributed by atoms with Crippen LogP contribution in [0.5, 0.6) is 0 Å². The molecule has 0 saturated heterocycles. The van der Waals surface area contributed by atoms with Crippen LogP contribution in [-0.2, 0) is 10.8 Å². The van der Waals surface area contributed by atoms with Crippen LogP contribution in [0.25, 0.3) is 0 Å². The molecule has 0 amide bonds. The van der Waals surface area contributed by atoms with Gasteiger partial charge >= 0.3 is 0 Å². The molecule has 0 atom stereocenters. The van der Waals surface area contributed by atoms with Crippen LogP contribution in [0, 0.1) is 13.8 Å². The van der Waals surface area contributed by atoms with Gasteiger partial charge in [0.05, 0.1) is 5.70 Å². The van der Waals surface area contributed by atoms with E-state index in [1.165, 1.54) is 50.5 Å². The Labute approximate surface area is 301 Å². The van der Waals surface area contributed by atoms with E-state index in [0.29, 0.717) is 0 Å². The molecule has 0 saturated carbocycles. The highest BCUT2D eigenvalue weighted by Crippen LogP contribution is 2.48. The van der Waals surface area contributed by atoms with Crippen molar-refractivity contribution in [2.45, 2.75) is 79.1 Å². The average Bonchev–Trinajstić information content (AvgIpc) is 3.60. The first kappa shape index (κ1) is 35.0. The third-order valence-electron chi connectivity index (χ3n) is 10.5. The molecule has 256 valence electrons. The van der Waals surface area contributed by atoms with E-state index < -0.39 is 0 Å². The zero-order chi connectivity index (χ0) is 35.5. The molecule has 4 aromatic rings. The van der Waals surface area contributed by atoms with Crippen LogP contribution in [0.2, 0.25) is 0 Å². The first-order chi connectivity index (χ1) is 24.1. The third-order valence-corrected chi connectivity index (χ3v) is 10.5. The van der Waals surface area contributed by atoms with E-state index in [1.54, 1.807) is 0 Å². The summed E-state index contributed by atoms with van der Waals surface area (Å²) in [7, 11) is 0. The maximum Gasteiger partial charge on any atom is 0.0525 e. The summed E-state index contributed by atoms with van der Waals surface area (Å²) in [5.74, 6) is 0. The van der Waals surface area contributed by atoms with E-state index in [9.17, 15) is 0 Å². The molecule has 0 aromatic heterocycles. The second-order valence-corrected chi connectivity index (χ2v) is 14.7. The Morgan fingerprint density at radius 3 is 2.08 bits per heavy atom. The van der Waals surface area contributed by atoms with E-state index in [2.05, 4.69) is 193 Å². The number of likely N-dealkylation sites (N-methyl/N-ethyl adjacent to an activating group) is 1. The van der Waals surface area contributed by atoms with Crippen molar-refractivity contribution in [2.24, 2.45) is 4.99 Å². The summed E-state index contributed by atoms with van der Waals surface area (Å²) < 4.78 is 0. The number of rotatable bonds is 10. The second kappa shape index (κ2) is 14.5. The van der Waals surface area contributed by atoms with Crippen LogP contribution in [-0.4, -0.2) is 18.8 Å². The molecule has 3 nitrogen and oxygen atoms in total. The van der Waals surface area contributed by atoms with Crippen LogP contribution >= 0.6 is 0 Å². The van der Waals surface area contributed by atoms with Crippen molar-refractivity contribution in [3.8, 4) is 0 Å². The summed E-state index contributed by atoms with van der Waals surface area (Å²) in [6.45, 7) is 19.8. The van der Waals surface area contributed by atoms with Gasteiger partial charge in [-0.2, -0.15) is 0 Å². The lowest BCUT2D eigenvalue weighted by molar-refractivity contribution is 0.633. The van der Waals surface area contributed by atoms with Crippen LogP contribution in [0.1, 0.15) is 76.6 Å². The molecule has 4 aromatic carbocycles. The van der Waals surface area contributed by atoms with Gasteiger partial charge in [0.1, 0.15) is 0 Å². The van der Waals surface area contributed by atoms with E-state index in [0.717, 1.165) is 43.0 Å². The lowest BCUT2D eigenvalue weighted by Crippen LogP contribution is -2.28. The molecule has 3 heteroatoms. The van der Waals surface area contributed by atoms with Crippen molar-refractivity contribution in [1.82, 2.24) is 0 Å². The minimum atomic E-state index is -0.232. The standard InChI is InChI=1S/C47H53N3/c1-9-48-43(46(5,6)38-19-17-18-34(3)32-38)30-27-36-25-26-37(45(36)50(39-20-13-11-14-21-39)40-22-15-12-16-23-40)28-31-44-47(7,8)41-33-35(4)24-29-42(41)49(44)10-2/h11-24,27-33H,9-10,25-26H2,1-8H3/b30-27+,37-28+,44-31+,48-43?. The number of hydrogen-bond acceptors (Lipinski definition) is 3. The van der Waals surface area contributed by atoms with Crippen molar-refractivity contribution in [2.75, 3.05) is 22.9 Å². The summed E-state index contributed by atoms with van der Waals surface area (Å²) in [5, 5.41) is 0. The van der Waals surface area contributed by atoms with Crippen LogP contribution in [0.15, 0.2) is 155 Å². The highest BCUT2D eigenvalue weighted by molar-refractivity contribution is 6.03. The molecule has 1 aliphatic heterocycles. The number of fused-ring (bicyclic) bond motifs is 1. The topological polar surface area (TPSA) is 18.8 Å². The molecule has 0 fully saturated rings. The van der Waals surface area contributed by atoms with Gasteiger partial charge in [-0.15, -0.1) is 0 Å². The molecule has 2 aliphatic rings. The second-order valence-electron chi connectivity index (χ2n) is 14.7. The summed E-state index contributed by atoms with van der Waals surface area (Å²) >= 11 is 0. The lowest BCUT2D eigenvalue weighted by atomic mass is 9.79. The van der Waals surface area contributed by atoms with Crippen molar-refractivity contribution in [3.63, 3.8) is 0 Å². The molecule has 1 aliphatic carbocycles. The Hall–Kier alpha value is -4.89. The number of benzene rings is 4. The van der Waals surface area contributed by atoms with Crippen LogP contribution < -0.4 is 9.80 Å². The normalized spacial score (nSPS) is 17.8. The van der Waals surface area contributed by atoms with Gasteiger partial charge in [0.2, 0.25) is 0 Å². The quantitative estimate of drug-likeness (QED) is 0.158. The molecule has 0 bridgehead atoms. The van der Waals surface area contributed by atoms with Gasteiger partial charge in [0, 0.05) is 52.4 Å². The summed E-state index contributed by atoms with van der Waals surface area (Å²) in [6.07, 6.45) is 11.4. The molecule has 50 heavy (non-hydrogen) atoms. The molecular formula is C47H53N3. The molecule has 6 rings (SSSR count). The Morgan fingerprint density at radius 2 is 1.46 bits per heavy atom. The summed E-state index contributed by atoms with van der Waals surface area (Å²) in [5.41, 5.74) is 15.0. The number of aryl methyl sites for hydroxylation is 2. The Balaban J connectivity index is 1.51. The largest absolute Gasteiger partial charge is 0.344 e. The van der Waals surface area contributed by atoms with E-state index in [-0.39, 0.29) is 10.8 Å². The minimum absolute atomic E-state index is 0.0922. The molecule has 0 radical (unpaired) electrons. The van der Waals surface area contributed by atoms with Gasteiger partial charge in [0.15, 0.2) is 0 Å². The van der Waals surface area contributed by atoms with Crippen molar-refractivity contribution in [1.29, 1.82) is 0 Å². The fraction of sp³-hybridized carbons (Fsp3) is 0.298. The number of allylic oxidation sites excluding steroid dienone is 7. The fourth-order valence-electron chi connectivity index (χ4n) is 7.69. The van der Waals surface area contributed by atoms with Gasteiger partial charge in [-0.25, -0.2) is 0 Å². The highest BCUT2D eigenvalue weighted by atomic mass is 15.2. The fourth-order valence-corrected chi connectivity index (χ4v) is 7.69. The zero-order valence-electron chi connectivity index (χ0n) is 31.3. The maximum atomic E-state index is 5.08. The first-order valence-corrected chi connectivity index (χ1v) is 18.3. The number of anilines is 3. The third kappa shape index (κ3) is 6.79. The van der Waals surface area contributed by atoms with Crippen molar-refractivity contribution in [3.05, 3.63) is 172 Å². The first-order valence-electron chi connectivity index (χ1n) is 18.3. The Bertz CT molecular complexity index is 1950. The predicted molar refractivity (Wildman–Crippen MR) is 216 cm³/mol. The van der Waals surface area contributed by atoms with Gasteiger partial charge in [-0.05, 0) is 105 Å². The van der Waals surface area contributed by atoms with Gasteiger partial charge in [0.25, 0.3) is 0 Å². The van der Waals surface area contributed by atoms with E-state index in [4.69, 9.17) is 4.99 Å². The van der Waals surface area contributed by atoms with Crippen molar-refractivity contribution < 1.29 is 0 Å². The van der Waals surface area contributed by atoms with E-state index >= 15 is 0 Å². The molecule has 1 heterocycles. The number of hydrogen-bond donors (Lipinski definition) is 0. The minimum Gasteiger partial charge on any atom is -0.344 e. The lowest BCUT2D eigenvalue weighted by Gasteiger charge is -2.29. The predicted octanol–water partition coefficient (Wildman–Crippen LogP) is 12.1. The average molecular weight is 660 g/mol.